The lowest BCUT2D eigenvalue weighted by Gasteiger charge is -2.12. The number of rotatable bonds is 5. The highest BCUT2D eigenvalue weighted by atomic mass is 19.4. The van der Waals surface area contributed by atoms with Crippen molar-refractivity contribution in [2.75, 3.05) is 13.1 Å². The Labute approximate surface area is 110 Å². The number of nitrogens with one attached hydrogen (secondary N) is 1. The molecule has 1 amide bonds. The first-order valence-electron chi connectivity index (χ1n) is 6.00. The van der Waals surface area contributed by atoms with Crippen LogP contribution in [0.5, 0.6) is 0 Å². The Morgan fingerprint density at radius 3 is 2.37 bits per heavy atom. The molecule has 6 heteroatoms. The number of carbonyl (C=O) groups excluding carboxylic acids is 1. The normalized spacial score (nSPS) is 13.1. The van der Waals surface area contributed by atoms with Gasteiger partial charge in [-0.25, -0.2) is 0 Å². The van der Waals surface area contributed by atoms with Gasteiger partial charge in [-0.2, -0.15) is 13.2 Å². The molecule has 0 aliphatic heterocycles. The second-order valence-corrected chi connectivity index (χ2v) is 4.47. The predicted octanol–water partition coefficient (Wildman–Crippen LogP) is 2.42. The van der Waals surface area contributed by atoms with E-state index in [9.17, 15) is 18.0 Å². The number of halogens is 3. The summed E-state index contributed by atoms with van der Waals surface area (Å²) in [6.45, 7) is 2.94. The summed E-state index contributed by atoms with van der Waals surface area (Å²) in [5, 5.41) is 2.67. The summed E-state index contributed by atoms with van der Waals surface area (Å²) in [7, 11) is 0. The first kappa shape index (κ1) is 15.5. The highest BCUT2D eigenvalue weighted by molar-refractivity contribution is 5.94. The largest absolute Gasteiger partial charge is 0.416 e. The van der Waals surface area contributed by atoms with Gasteiger partial charge in [0.05, 0.1) is 5.56 Å². The number of amides is 1. The Morgan fingerprint density at radius 2 is 1.89 bits per heavy atom. The average Bonchev–Trinajstić information content (AvgIpc) is 2.35. The zero-order valence-electron chi connectivity index (χ0n) is 10.6. The number of carbonyl (C=O) groups is 1. The van der Waals surface area contributed by atoms with Crippen LogP contribution in [0, 0.1) is 5.92 Å². The summed E-state index contributed by atoms with van der Waals surface area (Å²) in [6, 6.07) is 4.15. The van der Waals surface area contributed by atoms with Crippen LogP contribution in [0.4, 0.5) is 13.2 Å². The van der Waals surface area contributed by atoms with Gasteiger partial charge in [0.1, 0.15) is 0 Å². The van der Waals surface area contributed by atoms with Gasteiger partial charge in [-0.05, 0) is 43.1 Å². The second kappa shape index (κ2) is 6.56. The summed E-state index contributed by atoms with van der Waals surface area (Å²) in [5.41, 5.74) is 4.84. The quantitative estimate of drug-likeness (QED) is 0.866. The number of nitrogens with two attached hydrogens (primary N) is 1. The Morgan fingerprint density at radius 1 is 1.32 bits per heavy atom. The summed E-state index contributed by atoms with van der Waals surface area (Å²) in [5.74, 6) is -0.138. The number of hydrogen-bond donors (Lipinski definition) is 2. The molecule has 1 aromatic rings. The van der Waals surface area contributed by atoms with E-state index in [4.69, 9.17) is 5.73 Å². The molecule has 0 saturated carbocycles. The van der Waals surface area contributed by atoms with Gasteiger partial charge in [-0.1, -0.05) is 6.92 Å². The lowest BCUT2D eigenvalue weighted by atomic mass is 10.1. The van der Waals surface area contributed by atoms with Gasteiger partial charge in [-0.15, -0.1) is 0 Å². The molecule has 3 nitrogen and oxygen atoms in total. The Kier molecular flexibility index (Phi) is 5.35. The third kappa shape index (κ3) is 4.90. The van der Waals surface area contributed by atoms with Crippen LogP contribution < -0.4 is 11.1 Å². The van der Waals surface area contributed by atoms with E-state index in [1.54, 1.807) is 0 Å². The maximum absolute atomic E-state index is 12.3. The van der Waals surface area contributed by atoms with Crippen LogP contribution in [-0.2, 0) is 6.18 Å². The number of alkyl halides is 3. The summed E-state index contributed by atoms with van der Waals surface area (Å²) >= 11 is 0. The van der Waals surface area contributed by atoms with Gasteiger partial charge in [0.2, 0.25) is 0 Å². The van der Waals surface area contributed by atoms with Gasteiger partial charge in [-0.3, -0.25) is 4.79 Å². The van der Waals surface area contributed by atoms with E-state index in [1.807, 2.05) is 6.92 Å². The Balaban J connectivity index is 2.59. The molecule has 0 saturated heterocycles. The monoisotopic (exact) mass is 274 g/mol. The van der Waals surface area contributed by atoms with Crippen LogP contribution in [0.25, 0.3) is 0 Å². The maximum Gasteiger partial charge on any atom is 0.416 e. The van der Waals surface area contributed by atoms with Crippen molar-refractivity contribution in [2.24, 2.45) is 11.7 Å². The molecule has 0 aliphatic rings. The molecular weight excluding hydrogens is 257 g/mol. The number of benzene rings is 1. The van der Waals surface area contributed by atoms with Crippen LogP contribution >= 0.6 is 0 Å². The fourth-order valence-electron chi connectivity index (χ4n) is 1.57. The molecule has 106 valence electrons. The van der Waals surface area contributed by atoms with Crippen molar-refractivity contribution in [2.45, 2.75) is 19.5 Å². The fraction of sp³-hybridized carbons (Fsp3) is 0.462. The van der Waals surface area contributed by atoms with Crippen molar-refractivity contribution in [1.82, 2.24) is 5.32 Å². The van der Waals surface area contributed by atoms with E-state index in [1.165, 1.54) is 12.1 Å². The summed E-state index contributed by atoms with van der Waals surface area (Å²) in [4.78, 5) is 11.7. The van der Waals surface area contributed by atoms with E-state index in [-0.39, 0.29) is 17.4 Å². The van der Waals surface area contributed by atoms with Gasteiger partial charge < -0.3 is 11.1 Å². The van der Waals surface area contributed by atoms with Crippen molar-refractivity contribution >= 4 is 5.91 Å². The minimum absolute atomic E-state index is 0.216. The van der Waals surface area contributed by atoms with E-state index < -0.39 is 11.7 Å². The Bertz CT molecular complexity index is 415. The molecule has 1 rings (SSSR count). The van der Waals surface area contributed by atoms with Gasteiger partial charge in [0, 0.05) is 12.1 Å². The molecular formula is C13H17F3N2O. The van der Waals surface area contributed by atoms with Crippen molar-refractivity contribution in [3.8, 4) is 0 Å². The summed E-state index contributed by atoms with van der Waals surface area (Å²) in [6.07, 6.45) is -3.60. The zero-order chi connectivity index (χ0) is 14.5. The van der Waals surface area contributed by atoms with Crippen molar-refractivity contribution in [3.05, 3.63) is 35.4 Å². The first-order chi connectivity index (χ1) is 8.84. The summed E-state index contributed by atoms with van der Waals surface area (Å²) < 4.78 is 37.0. The highest BCUT2D eigenvalue weighted by Crippen LogP contribution is 2.29. The molecule has 1 unspecified atom stereocenters. The van der Waals surface area contributed by atoms with E-state index in [0.717, 1.165) is 18.6 Å². The number of hydrogen-bond acceptors (Lipinski definition) is 2. The predicted molar refractivity (Wildman–Crippen MR) is 66.6 cm³/mol. The van der Waals surface area contributed by atoms with E-state index in [0.29, 0.717) is 13.1 Å². The van der Waals surface area contributed by atoms with Gasteiger partial charge >= 0.3 is 6.18 Å². The minimum Gasteiger partial charge on any atom is -0.352 e. The molecule has 0 aromatic heterocycles. The third-order valence-corrected chi connectivity index (χ3v) is 2.74. The zero-order valence-corrected chi connectivity index (χ0v) is 10.6. The van der Waals surface area contributed by atoms with E-state index in [2.05, 4.69) is 5.32 Å². The van der Waals surface area contributed by atoms with Crippen LogP contribution in [0.3, 0.4) is 0 Å². The lowest BCUT2D eigenvalue weighted by molar-refractivity contribution is -0.137. The van der Waals surface area contributed by atoms with Crippen LogP contribution in [0.1, 0.15) is 29.3 Å². The van der Waals surface area contributed by atoms with Crippen molar-refractivity contribution < 1.29 is 18.0 Å². The molecule has 0 fully saturated rings. The maximum atomic E-state index is 12.3. The van der Waals surface area contributed by atoms with Crippen LogP contribution in [-0.4, -0.2) is 19.0 Å². The molecule has 1 aromatic carbocycles. The smallest absolute Gasteiger partial charge is 0.352 e. The molecule has 0 heterocycles. The third-order valence-electron chi connectivity index (χ3n) is 2.74. The minimum atomic E-state index is -4.38. The first-order valence-corrected chi connectivity index (χ1v) is 6.00. The fourth-order valence-corrected chi connectivity index (χ4v) is 1.57. The van der Waals surface area contributed by atoms with Gasteiger partial charge in [0.15, 0.2) is 0 Å². The topological polar surface area (TPSA) is 55.1 Å². The Hall–Kier alpha value is -1.56. The van der Waals surface area contributed by atoms with Crippen LogP contribution in [0.2, 0.25) is 0 Å². The lowest BCUT2D eigenvalue weighted by Crippen LogP contribution is -2.29. The highest BCUT2D eigenvalue weighted by Gasteiger charge is 2.30. The SMILES string of the molecule is CC(CCN)CNC(=O)c1ccc(C(F)(F)F)cc1. The van der Waals surface area contributed by atoms with Crippen molar-refractivity contribution in [3.63, 3.8) is 0 Å². The molecule has 19 heavy (non-hydrogen) atoms. The molecule has 0 radical (unpaired) electrons. The van der Waals surface area contributed by atoms with Gasteiger partial charge in [0.25, 0.3) is 5.91 Å². The molecule has 3 N–H and O–H groups in total. The van der Waals surface area contributed by atoms with E-state index >= 15 is 0 Å². The molecule has 0 aliphatic carbocycles. The van der Waals surface area contributed by atoms with Crippen LogP contribution in [0.15, 0.2) is 24.3 Å². The molecule has 0 spiro atoms. The standard InChI is InChI=1S/C13H17F3N2O/c1-9(6-7-17)8-18-12(19)10-2-4-11(5-3-10)13(14,15)16/h2-5,9H,6-8,17H2,1H3,(H,18,19). The van der Waals surface area contributed by atoms with Crippen molar-refractivity contribution in [1.29, 1.82) is 0 Å². The average molecular weight is 274 g/mol. The molecule has 0 bridgehead atoms. The molecule has 1 atom stereocenters. The second-order valence-electron chi connectivity index (χ2n) is 4.47.